The summed E-state index contributed by atoms with van der Waals surface area (Å²) in [4.78, 5) is 11.1. The summed E-state index contributed by atoms with van der Waals surface area (Å²) in [6, 6.07) is 10.6. The van der Waals surface area contributed by atoms with Crippen LogP contribution in [-0.2, 0) is 14.8 Å². The lowest BCUT2D eigenvalue weighted by molar-refractivity contribution is -0.135. The van der Waals surface area contributed by atoms with E-state index in [0.29, 0.717) is 10.6 Å². The first-order valence-corrected chi connectivity index (χ1v) is 9.09. The van der Waals surface area contributed by atoms with E-state index in [9.17, 15) is 13.2 Å². The molecule has 0 aliphatic rings. The Bertz CT molecular complexity index is 837. The Morgan fingerprint density at radius 2 is 1.83 bits per heavy atom. The molecule has 2 rings (SSSR count). The van der Waals surface area contributed by atoms with Gasteiger partial charge in [-0.3, -0.25) is 9.10 Å². The van der Waals surface area contributed by atoms with Crippen LogP contribution in [0, 0.1) is 6.92 Å². The van der Waals surface area contributed by atoms with Gasteiger partial charge in [0.25, 0.3) is 10.0 Å². The number of rotatable bonds is 5. The molecule has 122 valence electrons. The van der Waals surface area contributed by atoms with Gasteiger partial charge in [-0.25, -0.2) is 8.42 Å². The zero-order chi connectivity index (χ0) is 17.2. The summed E-state index contributed by atoms with van der Waals surface area (Å²) in [5, 5.41) is 9.56. The smallest absolute Gasteiger partial charge is 0.324 e. The molecule has 0 atom stereocenters. The molecule has 8 heteroatoms. The Morgan fingerprint density at radius 3 is 2.35 bits per heavy atom. The van der Waals surface area contributed by atoms with E-state index in [4.69, 9.17) is 16.7 Å². The molecule has 0 fully saturated rings. The van der Waals surface area contributed by atoms with E-state index >= 15 is 0 Å². The fraction of sp³-hybridized carbons (Fsp3) is 0.133. The number of aryl methyl sites for hydroxylation is 1. The molecule has 0 spiro atoms. The van der Waals surface area contributed by atoms with E-state index < -0.39 is 22.5 Å². The Hall–Kier alpha value is -1.57. The number of sulfonamides is 1. The van der Waals surface area contributed by atoms with Gasteiger partial charge in [0.15, 0.2) is 0 Å². The summed E-state index contributed by atoms with van der Waals surface area (Å²) in [5.74, 6) is -1.25. The van der Waals surface area contributed by atoms with Gasteiger partial charge in [0.05, 0.1) is 10.6 Å². The molecule has 0 bridgehead atoms. The Labute approximate surface area is 147 Å². The van der Waals surface area contributed by atoms with E-state index in [1.165, 1.54) is 24.3 Å². The van der Waals surface area contributed by atoms with Crippen molar-refractivity contribution in [3.05, 3.63) is 57.5 Å². The van der Waals surface area contributed by atoms with E-state index in [0.717, 1.165) is 8.78 Å². The van der Waals surface area contributed by atoms with Crippen LogP contribution >= 0.6 is 27.5 Å². The van der Waals surface area contributed by atoms with Crippen LogP contribution in [0.3, 0.4) is 0 Å². The first kappa shape index (κ1) is 17.8. The number of carbonyl (C=O) groups is 1. The maximum Gasteiger partial charge on any atom is 0.324 e. The largest absolute Gasteiger partial charge is 0.480 e. The summed E-state index contributed by atoms with van der Waals surface area (Å²) < 4.78 is 27.2. The summed E-state index contributed by atoms with van der Waals surface area (Å²) in [7, 11) is -4.01. The highest BCUT2D eigenvalue weighted by atomic mass is 79.9. The van der Waals surface area contributed by atoms with Gasteiger partial charge in [-0.1, -0.05) is 27.5 Å². The summed E-state index contributed by atoms with van der Waals surface area (Å²) in [5.41, 5.74) is 0.905. The van der Waals surface area contributed by atoms with Gasteiger partial charge in [0.2, 0.25) is 0 Å². The van der Waals surface area contributed by atoms with Gasteiger partial charge in [-0.05, 0) is 55.0 Å². The number of carboxylic acids is 1. The number of anilines is 1. The number of halogens is 2. The second-order valence-electron chi connectivity index (χ2n) is 4.79. The van der Waals surface area contributed by atoms with E-state index in [2.05, 4.69) is 15.9 Å². The zero-order valence-electron chi connectivity index (χ0n) is 12.0. The van der Waals surface area contributed by atoms with Crippen LogP contribution in [0.4, 0.5) is 5.69 Å². The molecule has 0 heterocycles. The maximum absolute atomic E-state index is 12.8. The number of hydrogen-bond acceptors (Lipinski definition) is 3. The average Bonchev–Trinajstić information content (AvgIpc) is 2.48. The minimum Gasteiger partial charge on any atom is -0.480 e. The predicted molar refractivity (Wildman–Crippen MR) is 92.5 cm³/mol. The molecule has 5 nitrogen and oxygen atoms in total. The number of benzene rings is 2. The van der Waals surface area contributed by atoms with Crippen LogP contribution < -0.4 is 4.31 Å². The van der Waals surface area contributed by atoms with Gasteiger partial charge < -0.3 is 5.11 Å². The highest BCUT2D eigenvalue weighted by Gasteiger charge is 2.27. The lowest BCUT2D eigenvalue weighted by atomic mass is 10.2. The third-order valence-electron chi connectivity index (χ3n) is 3.11. The SMILES string of the molecule is Cc1cc(N(CC(=O)O)S(=O)(=O)c2ccc(Br)cc2)ccc1Cl. The Balaban J connectivity index is 2.55. The van der Waals surface area contributed by atoms with Gasteiger partial charge >= 0.3 is 5.97 Å². The van der Waals surface area contributed by atoms with Crippen molar-refractivity contribution in [3.8, 4) is 0 Å². The molecule has 0 unspecified atom stereocenters. The number of nitrogens with zero attached hydrogens (tertiary/aromatic N) is 1. The molecule has 0 radical (unpaired) electrons. The molecule has 0 saturated heterocycles. The highest BCUT2D eigenvalue weighted by molar-refractivity contribution is 9.10. The Kier molecular flexibility index (Phi) is 5.33. The van der Waals surface area contributed by atoms with Gasteiger partial charge in [0.1, 0.15) is 6.54 Å². The normalized spacial score (nSPS) is 11.3. The van der Waals surface area contributed by atoms with Crippen molar-refractivity contribution < 1.29 is 18.3 Å². The second-order valence-corrected chi connectivity index (χ2v) is 7.98. The molecule has 23 heavy (non-hydrogen) atoms. The molecule has 1 N–H and O–H groups in total. The zero-order valence-corrected chi connectivity index (χ0v) is 15.2. The minimum absolute atomic E-state index is 0.00885. The molecular weight excluding hydrogens is 406 g/mol. The molecule has 0 saturated carbocycles. The number of carboxylic acid groups (broad SMARTS) is 1. The monoisotopic (exact) mass is 417 g/mol. The molecule has 2 aromatic carbocycles. The first-order chi connectivity index (χ1) is 10.7. The fourth-order valence-electron chi connectivity index (χ4n) is 1.96. The second kappa shape index (κ2) is 6.90. The first-order valence-electron chi connectivity index (χ1n) is 6.48. The lowest BCUT2D eigenvalue weighted by Gasteiger charge is -2.23. The van der Waals surface area contributed by atoms with Crippen LogP contribution in [0.25, 0.3) is 0 Å². The van der Waals surface area contributed by atoms with Crippen LogP contribution in [0.2, 0.25) is 5.02 Å². The Morgan fingerprint density at radius 1 is 1.22 bits per heavy atom. The van der Waals surface area contributed by atoms with Crippen molar-refractivity contribution in [3.63, 3.8) is 0 Å². The highest BCUT2D eigenvalue weighted by Crippen LogP contribution is 2.28. The van der Waals surface area contributed by atoms with Crippen molar-refractivity contribution in [1.82, 2.24) is 0 Å². The summed E-state index contributed by atoms with van der Waals surface area (Å²) >= 11 is 9.18. The topological polar surface area (TPSA) is 74.7 Å². The maximum atomic E-state index is 12.8. The van der Waals surface area contributed by atoms with Crippen LogP contribution in [0.5, 0.6) is 0 Å². The molecule has 0 aliphatic heterocycles. The van der Waals surface area contributed by atoms with Gasteiger partial charge in [-0.15, -0.1) is 0 Å². The van der Waals surface area contributed by atoms with Crippen molar-refractivity contribution >= 4 is 49.2 Å². The summed E-state index contributed by atoms with van der Waals surface area (Å²) in [6.45, 7) is 1.04. The van der Waals surface area contributed by atoms with Crippen molar-refractivity contribution in [2.45, 2.75) is 11.8 Å². The molecule has 0 amide bonds. The fourth-order valence-corrected chi connectivity index (χ4v) is 3.74. The molecule has 2 aromatic rings. The number of aliphatic carboxylic acids is 1. The molecule has 0 aromatic heterocycles. The van der Waals surface area contributed by atoms with Crippen LogP contribution in [-0.4, -0.2) is 26.0 Å². The van der Waals surface area contributed by atoms with Crippen molar-refractivity contribution in [2.75, 3.05) is 10.8 Å². The summed E-state index contributed by atoms with van der Waals surface area (Å²) in [6.07, 6.45) is 0. The van der Waals surface area contributed by atoms with E-state index in [1.807, 2.05) is 0 Å². The van der Waals surface area contributed by atoms with E-state index in [-0.39, 0.29) is 10.6 Å². The van der Waals surface area contributed by atoms with Crippen LogP contribution in [0.15, 0.2) is 51.8 Å². The average molecular weight is 419 g/mol. The minimum atomic E-state index is -4.01. The standard InChI is InChI=1S/C15H13BrClNO4S/c1-10-8-12(4-7-14(10)17)18(9-15(19)20)23(21,22)13-5-2-11(16)3-6-13/h2-8H,9H2,1H3,(H,19,20). The third-order valence-corrected chi connectivity index (χ3v) is 5.85. The lowest BCUT2D eigenvalue weighted by Crippen LogP contribution is -2.35. The van der Waals surface area contributed by atoms with Crippen molar-refractivity contribution in [1.29, 1.82) is 0 Å². The number of hydrogen-bond donors (Lipinski definition) is 1. The molecule has 0 aliphatic carbocycles. The predicted octanol–water partition coefficient (Wildman–Crippen LogP) is 3.69. The van der Waals surface area contributed by atoms with E-state index in [1.54, 1.807) is 25.1 Å². The third kappa shape index (κ3) is 4.04. The van der Waals surface area contributed by atoms with Crippen LogP contribution in [0.1, 0.15) is 5.56 Å². The van der Waals surface area contributed by atoms with Gasteiger partial charge in [0, 0.05) is 9.50 Å². The quantitative estimate of drug-likeness (QED) is 0.803. The van der Waals surface area contributed by atoms with Crippen molar-refractivity contribution in [2.24, 2.45) is 0 Å². The molecular formula is C15H13BrClNO4S. The van der Waals surface area contributed by atoms with Gasteiger partial charge in [-0.2, -0.15) is 0 Å².